The van der Waals surface area contributed by atoms with Gasteiger partial charge in [-0.3, -0.25) is 4.98 Å². The minimum atomic E-state index is -2.27. The second kappa shape index (κ2) is 2.57. The highest BCUT2D eigenvalue weighted by Gasteiger charge is 2.05. The van der Waals surface area contributed by atoms with Gasteiger partial charge in [0.05, 0.1) is 0 Å². The first-order valence-electron chi connectivity index (χ1n) is 2.59. The zero-order chi connectivity index (χ0) is 6.69. The Morgan fingerprint density at radius 3 is 2.78 bits per heavy atom. The van der Waals surface area contributed by atoms with Gasteiger partial charge in [0.1, 0.15) is 12.4 Å². The van der Waals surface area contributed by atoms with E-state index < -0.39 is 6.43 Å². The van der Waals surface area contributed by atoms with E-state index in [1.165, 1.54) is 10.9 Å². The number of nitrogens with one attached hydrogen (secondary N) is 1. The molecule has 9 heavy (non-hydrogen) atoms. The lowest BCUT2D eigenvalue weighted by molar-refractivity contribution is -0.704. The molecule has 1 heterocycles. The normalized spacial score (nSPS) is 10.6. The van der Waals surface area contributed by atoms with Gasteiger partial charge in [-0.15, -0.1) is 0 Å². The summed E-state index contributed by atoms with van der Waals surface area (Å²) < 4.78 is 24.5. The van der Waals surface area contributed by atoms with E-state index in [4.69, 9.17) is 0 Å². The first-order chi connectivity index (χ1) is 4.29. The molecule has 0 spiro atoms. The predicted octanol–water partition coefficient (Wildman–Crippen LogP) is 0.567. The fourth-order valence-corrected chi connectivity index (χ4v) is 0.594. The Morgan fingerprint density at radius 1 is 1.56 bits per heavy atom. The van der Waals surface area contributed by atoms with Gasteiger partial charge in [-0.25, -0.2) is 13.3 Å². The fourth-order valence-electron chi connectivity index (χ4n) is 0.594. The van der Waals surface area contributed by atoms with Crippen molar-refractivity contribution in [1.82, 2.24) is 4.98 Å². The monoisotopic (exact) mass is 133 g/mol. The molecule has 0 aliphatic carbocycles. The maximum absolute atomic E-state index is 11.6. The smallest absolute Gasteiger partial charge is 0.250 e. The van der Waals surface area contributed by atoms with Crippen molar-refractivity contribution in [1.29, 1.82) is 0 Å². The van der Waals surface area contributed by atoms with Crippen molar-refractivity contribution in [2.45, 2.75) is 13.0 Å². The molecule has 2 nitrogen and oxygen atoms in total. The number of rotatable bonds is 2. The first-order valence-corrected chi connectivity index (χ1v) is 2.59. The number of hydrogen-bond acceptors (Lipinski definition) is 0. The third-order valence-corrected chi connectivity index (χ3v) is 0.951. The van der Waals surface area contributed by atoms with E-state index in [0.29, 0.717) is 0 Å². The van der Waals surface area contributed by atoms with Crippen LogP contribution in [0.1, 0.15) is 0 Å². The maximum atomic E-state index is 11.6. The standard InChI is InChI=1S/C5H6F2N2/c6-5(7)3-9-2-1-8-4-9/h1-2,4-5H,3H2/p+1. The van der Waals surface area contributed by atoms with Gasteiger partial charge < -0.3 is 0 Å². The van der Waals surface area contributed by atoms with Crippen LogP contribution in [-0.4, -0.2) is 11.4 Å². The predicted molar refractivity (Wildman–Crippen MR) is 27.0 cm³/mol. The quantitative estimate of drug-likeness (QED) is 0.569. The van der Waals surface area contributed by atoms with Gasteiger partial charge in [-0.2, -0.15) is 0 Å². The first kappa shape index (κ1) is 6.19. The summed E-state index contributed by atoms with van der Waals surface area (Å²) >= 11 is 0. The van der Waals surface area contributed by atoms with Crippen molar-refractivity contribution in [2.75, 3.05) is 0 Å². The molecule has 0 atom stereocenters. The van der Waals surface area contributed by atoms with Crippen LogP contribution < -0.4 is 4.57 Å². The molecule has 0 fully saturated rings. The van der Waals surface area contributed by atoms with Gasteiger partial charge in [-0.05, 0) is 0 Å². The highest BCUT2D eigenvalue weighted by Crippen LogP contribution is 1.89. The molecule has 50 valence electrons. The van der Waals surface area contributed by atoms with Crippen molar-refractivity contribution < 1.29 is 13.3 Å². The summed E-state index contributed by atoms with van der Waals surface area (Å²) in [7, 11) is 0. The van der Waals surface area contributed by atoms with Gasteiger partial charge in [0, 0.05) is 0 Å². The summed E-state index contributed by atoms with van der Waals surface area (Å²) in [6, 6.07) is 0. The Labute approximate surface area is 51.1 Å². The summed E-state index contributed by atoms with van der Waals surface area (Å²) in [5, 5.41) is 0. The van der Waals surface area contributed by atoms with Crippen LogP contribution in [0.2, 0.25) is 0 Å². The maximum Gasteiger partial charge on any atom is 0.275 e. The Balaban J connectivity index is 2.48. The number of aromatic amines is 1. The van der Waals surface area contributed by atoms with Crippen LogP contribution in [0.4, 0.5) is 8.78 Å². The minimum Gasteiger partial charge on any atom is -0.250 e. The van der Waals surface area contributed by atoms with Crippen LogP contribution in [0.5, 0.6) is 0 Å². The number of hydrogen-bond donors (Lipinski definition) is 1. The van der Waals surface area contributed by atoms with Gasteiger partial charge in [0.2, 0.25) is 6.33 Å². The van der Waals surface area contributed by atoms with Crippen molar-refractivity contribution in [3.63, 3.8) is 0 Å². The van der Waals surface area contributed by atoms with Gasteiger partial charge in [0.15, 0.2) is 6.54 Å². The van der Waals surface area contributed by atoms with Gasteiger partial charge in [-0.1, -0.05) is 0 Å². The largest absolute Gasteiger partial charge is 0.275 e. The summed E-state index contributed by atoms with van der Waals surface area (Å²) in [6.45, 7) is -0.233. The molecule has 0 aliphatic heterocycles. The van der Waals surface area contributed by atoms with E-state index >= 15 is 0 Å². The molecule has 0 saturated carbocycles. The lowest BCUT2D eigenvalue weighted by Crippen LogP contribution is -2.34. The number of alkyl halides is 2. The second-order valence-electron chi connectivity index (χ2n) is 1.70. The van der Waals surface area contributed by atoms with Crippen molar-refractivity contribution in [3.8, 4) is 0 Å². The third kappa shape index (κ3) is 1.79. The lowest BCUT2D eigenvalue weighted by atomic mass is 10.6. The van der Waals surface area contributed by atoms with E-state index in [0.717, 1.165) is 0 Å². The van der Waals surface area contributed by atoms with Crippen LogP contribution in [0.25, 0.3) is 0 Å². The minimum absolute atomic E-state index is 0.233. The molecule has 0 aromatic carbocycles. The molecule has 0 unspecified atom stereocenters. The molecule has 4 heteroatoms. The summed E-state index contributed by atoms with van der Waals surface area (Å²) in [4.78, 5) is 2.66. The Kier molecular flexibility index (Phi) is 1.77. The average molecular weight is 133 g/mol. The van der Waals surface area contributed by atoms with E-state index in [2.05, 4.69) is 4.98 Å². The number of aromatic nitrogens is 2. The molecule has 0 aliphatic rings. The molecule has 1 N–H and O–H groups in total. The van der Waals surface area contributed by atoms with Crippen LogP contribution in [0.15, 0.2) is 18.7 Å². The highest BCUT2D eigenvalue weighted by atomic mass is 19.3. The lowest BCUT2D eigenvalue weighted by Gasteiger charge is -1.90. The summed E-state index contributed by atoms with van der Waals surface area (Å²) in [5.74, 6) is 0. The molecular formula is C5H7F2N2+. The Hall–Kier alpha value is -0.930. The Morgan fingerprint density at radius 2 is 2.33 bits per heavy atom. The zero-order valence-corrected chi connectivity index (χ0v) is 4.72. The topological polar surface area (TPSA) is 19.7 Å². The van der Waals surface area contributed by atoms with Crippen LogP contribution >= 0.6 is 0 Å². The summed E-state index contributed by atoms with van der Waals surface area (Å²) in [6.07, 6.45) is 2.38. The number of H-pyrrole nitrogens is 1. The molecular weight excluding hydrogens is 126 g/mol. The molecule has 0 saturated heterocycles. The van der Waals surface area contributed by atoms with Crippen LogP contribution in [-0.2, 0) is 6.54 Å². The number of nitrogens with zero attached hydrogens (tertiary/aromatic N) is 1. The van der Waals surface area contributed by atoms with Crippen molar-refractivity contribution >= 4 is 0 Å². The van der Waals surface area contributed by atoms with Crippen LogP contribution in [0, 0.1) is 0 Å². The highest BCUT2D eigenvalue weighted by molar-refractivity contribution is 4.55. The summed E-state index contributed by atoms with van der Waals surface area (Å²) in [5.41, 5.74) is 0. The molecule has 1 aromatic rings. The molecule has 1 rings (SSSR count). The number of halogens is 2. The average Bonchev–Trinajstić information content (AvgIpc) is 2.15. The van der Waals surface area contributed by atoms with E-state index in [1.807, 2.05) is 0 Å². The van der Waals surface area contributed by atoms with E-state index in [-0.39, 0.29) is 6.54 Å². The van der Waals surface area contributed by atoms with E-state index in [9.17, 15) is 8.78 Å². The van der Waals surface area contributed by atoms with Crippen molar-refractivity contribution in [3.05, 3.63) is 18.7 Å². The van der Waals surface area contributed by atoms with Crippen molar-refractivity contribution in [2.24, 2.45) is 0 Å². The van der Waals surface area contributed by atoms with E-state index in [1.54, 1.807) is 12.4 Å². The van der Waals surface area contributed by atoms with Crippen LogP contribution in [0.3, 0.4) is 0 Å². The fraction of sp³-hybridized carbons (Fsp3) is 0.400. The second-order valence-corrected chi connectivity index (χ2v) is 1.70. The van der Waals surface area contributed by atoms with Gasteiger partial charge >= 0.3 is 0 Å². The number of imidazole rings is 1. The zero-order valence-electron chi connectivity index (χ0n) is 4.72. The van der Waals surface area contributed by atoms with Gasteiger partial charge in [0.25, 0.3) is 6.43 Å². The molecule has 0 radical (unpaired) electrons. The molecule has 0 bridgehead atoms. The third-order valence-electron chi connectivity index (χ3n) is 0.951. The molecule has 1 aromatic heterocycles. The SMILES string of the molecule is FC(F)C[n+]1cc[nH]c1. The Bertz CT molecular complexity index is 159. The molecule has 0 amide bonds.